The summed E-state index contributed by atoms with van der Waals surface area (Å²) in [5.74, 6) is 0.384. The molecule has 1 aromatic rings. The second-order valence-corrected chi connectivity index (χ2v) is 4.62. The van der Waals surface area contributed by atoms with Crippen molar-refractivity contribution in [2.45, 2.75) is 6.92 Å². The lowest BCUT2D eigenvalue weighted by Crippen LogP contribution is -2.16. The smallest absolute Gasteiger partial charge is 0.0720 e. The first-order valence-electron chi connectivity index (χ1n) is 5.02. The number of methoxy groups -OCH3 is 1. The number of hydrogen-bond acceptors (Lipinski definition) is 3. The molecule has 1 rings (SSSR count). The van der Waals surface area contributed by atoms with Crippen molar-refractivity contribution in [3.05, 3.63) is 22.2 Å². The number of ether oxygens (including phenoxy) is 1. The van der Waals surface area contributed by atoms with Crippen LogP contribution in [-0.4, -0.2) is 20.3 Å². The molecular formula is C11H16Cl2N2O. The van der Waals surface area contributed by atoms with Crippen molar-refractivity contribution in [2.24, 2.45) is 5.92 Å². The summed E-state index contributed by atoms with van der Waals surface area (Å²) >= 11 is 12.1. The van der Waals surface area contributed by atoms with Gasteiger partial charge in [0.25, 0.3) is 0 Å². The molecule has 3 nitrogen and oxygen atoms in total. The first kappa shape index (κ1) is 13.4. The van der Waals surface area contributed by atoms with E-state index in [0.29, 0.717) is 28.3 Å². The van der Waals surface area contributed by atoms with Gasteiger partial charge >= 0.3 is 0 Å². The van der Waals surface area contributed by atoms with E-state index in [1.54, 1.807) is 19.2 Å². The maximum atomic E-state index is 6.04. The molecule has 1 unspecified atom stereocenters. The quantitative estimate of drug-likeness (QED) is 0.801. The van der Waals surface area contributed by atoms with E-state index in [-0.39, 0.29) is 0 Å². The fourth-order valence-corrected chi connectivity index (χ4v) is 2.02. The number of rotatable bonds is 5. The molecule has 0 aromatic heterocycles. The molecule has 1 aromatic carbocycles. The molecule has 0 aliphatic heterocycles. The molecular weight excluding hydrogens is 247 g/mol. The van der Waals surface area contributed by atoms with Gasteiger partial charge in [0.05, 0.1) is 22.3 Å². The van der Waals surface area contributed by atoms with Crippen molar-refractivity contribution in [2.75, 3.05) is 31.3 Å². The lowest BCUT2D eigenvalue weighted by Gasteiger charge is -2.15. The molecule has 5 heteroatoms. The maximum absolute atomic E-state index is 6.04. The summed E-state index contributed by atoms with van der Waals surface area (Å²) in [7, 11) is 1.68. The van der Waals surface area contributed by atoms with Gasteiger partial charge in [0.1, 0.15) is 0 Å². The van der Waals surface area contributed by atoms with E-state index in [4.69, 9.17) is 33.7 Å². The lowest BCUT2D eigenvalue weighted by molar-refractivity contribution is 0.164. The predicted molar refractivity (Wildman–Crippen MR) is 70.4 cm³/mol. The standard InChI is InChI=1S/C11H16Cl2N2O/c1-7(6-16-2)5-15-11-9(12)3-8(14)4-10(11)13/h3-4,7,15H,5-6,14H2,1-2H3. The van der Waals surface area contributed by atoms with Crippen LogP contribution in [-0.2, 0) is 4.74 Å². The van der Waals surface area contributed by atoms with Crippen LogP contribution < -0.4 is 11.1 Å². The van der Waals surface area contributed by atoms with E-state index in [9.17, 15) is 0 Å². The van der Waals surface area contributed by atoms with Gasteiger partial charge in [-0.05, 0) is 18.1 Å². The number of hydrogen-bond donors (Lipinski definition) is 2. The number of nitrogens with one attached hydrogen (secondary N) is 1. The number of halogens is 2. The predicted octanol–water partition coefficient (Wildman–Crippen LogP) is 3.27. The molecule has 90 valence electrons. The summed E-state index contributed by atoms with van der Waals surface area (Å²) in [5.41, 5.74) is 6.90. The first-order valence-corrected chi connectivity index (χ1v) is 5.77. The van der Waals surface area contributed by atoms with E-state index in [0.717, 1.165) is 12.2 Å². The molecule has 0 amide bonds. The van der Waals surface area contributed by atoms with E-state index in [1.807, 2.05) is 0 Å². The molecule has 0 bridgehead atoms. The Morgan fingerprint density at radius 3 is 2.44 bits per heavy atom. The third kappa shape index (κ3) is 3.74. The Hall–Kier alpha value is -0.640. The molecule has 0 saturated carbocycles. The Labute approximate surface area is 106 Å². The van der Waals surface area contributed by atoms with Crippen molar-refractivity contribution < 1.29 is 4.74 Å². The highest BCUT2D eigenvalue weighted by atomic mass is 35.5. The van der Waals surface area contributed by atoms with Gasteiger partial charge in [-0.2, -0.15) is 0 Å². The van der Waals surface area contributed by atoms with Gasteiger partial charge in [-0.15, -0.1) is 0 Å². The van der Waals surface area contributed by atoms with Crippen LogP contribution in [0.5, 0.6) is 0 Å². The Bertz CT molecular complexity index is 335. The van der Waals surface area contributed by atoms with Crippen molar-refractivity contribution in [3.63, 3.8) is 0 Å². The molecule has 1 atom stereocenters. The molecule has 0 radical (unpaired) electrons. The Balaban J connectivity index is 2.67. The minimum absolute atomic E-state index is 0.384. The molecule has 3 N–H and O–H groups in total. The minimum Gasteiger partial charge on any atom is -0.399 e. The van der Waals surface area contributed by atoms with Crippen molar-refractivity contribution >= 4 is 34.6 Å². The van der Waals surface area contributed by atoms with Crippen LogP contribution in [0.25, 0.3) is 0 Å². The van der Waals surface area contributed by atoms with Crippen LogP contribution in [0, 0.1) is 5.92 Å². The molecule has 16 heavy (non-hydrogen) atoms. The Kier molecular flexibility index (Phi) is 5.19. The zero-order valence-corrected chi connectivity index (χ0v) is 10.9. The van der Waals surface area contributed by atoms with E-state index >= 15 is 0 Å². The highest BCUT2D eigenvalue weighted by Crippen LogP contribution is 2.32. The van der Waals surface area contributed by atoms with Gasteiger partial charge < -0.3 is 15.8 Å². The molecule has 0 saturated heterocycles. The zero-order valence-electron chi connectivity index (χ0n) is 9.39. The summed E-state index contributed by atoms with van der Waals surface area (Å²) in [6.07, 6.45) is 0. The van der Waals surface area contributed by atoms with Gasteiger partial charge in [-0.3, -0.25) is 0 Å². The summed E-state index contributed by atoms with van der Waals surface area (Å²) in [6.45, 7) is 3.52. The highest BCUT2D eigenvalue weighted by Gasteiger charge is 2.08. The molecule has 0 spiro atoms. The topological polar surface area (TPSA) is 47.3 Å². The van der Waals surface area contributed by atoms with Gasteiger partial charge in [-0.1, -0.05) is 30.1 Å². The Morgan fingerprint density at radius 1 is 1.38 bits per heavy atom. The summed E-state index contributed by atoms with van der Waals surface area (Å²) < 4.78 is 5.05. The van der Waals surface area contributed by atoms with E-state index in [2.05, 4.69) is 12.2 Å². The number of anilines is 2. The van der Waals surface area contributed by atoms with Crippen LogP contribution in [0.4, 0.5) is 11.4 Å². The molecule has 0 heterocycles. The third-order valence-electron chi connectivity index (χ3n) is 2.14. The molecule has 0 fully saturated rings. The van der Waals surface area contributed by atoms with E-state index < -0.39 is 0 Å². The number of nitrogens with two attached hydrogens (primary N) is 1. The average Bonchev–Trinajstić information content (AvgIpc) is 2.16. The summed E-state index contributed by atoms with van der Waals surface area (Å²) in [5, 5.41) is 4.27. The average molecular weight is 263 g/mol. The van der Waals surface area contributed by atoms with Gasteiger partial charge in [-0.25, -0.2) is 0 Å². The van der Waals surface area contributed by atoms with Crippen LogP contribution in [0.15, 0.2) is 12.1 Å². The molecule has 0 aliphatic rings. The van der Waals surface area contributed by atoms with Crippen LogP contribution in [0.2, 0.25) is 10.0 Å². The van der Waals surface area contributed by atoms with Crippen molar-refractivity contribution in [3.8, 4) is 0 Å². The second-order valence-electron chi connectivity index (χ2n) is 3.80. The van der Waals surface area contributed by atoms with Crippen LogP contribution in [0.3, 0.4) is 0 Å². The summed E-state index contributed by atoms with van der Waals surface area (Å²) in [6, 6.07) is 3.35. The number of nitrogen functional groups attached to an aromatic ring is 1. The number of benzene rings is 1. The lowest BCUT2D eigenvalue weighted by atomic mass is 10.2. The van der Waals surface area contributed by atoms with Gasteiger partial charge in [0.15, 0.2) is 0 Å². The van der Waals surface area contributed by atoms with Gasteiger partial charge in [0.2, 0.25) is 0 Å². The normalized spacial score (nSPS) is 12.5. The van der Waals surface area contributed by atoms with Crippen LogP contribution >= 0.6 is 23.2 Å². The summed E-state index contributed by atoms with van der Waals surface area (Å²) in [4.78, 5) is 0. The van der Waals surface area contributed by atoms with E-state index in [1.165, 1.54) is 0 Å². The second kappa shape index (κ2) is 6.18. The first-order chi connectivity index (χ1) is 7.54. The third-order valence-corrected chi connectivity index (χ3v) is 2.74. The highest BCUT2D eigenvalue weighted by molar-refractivity contribution is 6.39. The fraction of sp³-hybridized carbons (Fsp3) is 0.455. The van der Waals surface area contributed by atoms with Gasteiger partial charge in [0, 0.05) is 19.3 Å². The molecule has 0 aliphatic carbocycles. The fourth-order valence-electron chi connectivity index (χ4n) is 1.38. The maximum Gasteiger partial charge on any atom is 0.0720 e. The monoisotopic (exact) mass is 262 g/mol. The largest absolute Gasteiger partial charge is 0.399 e. The minimum atomic E-state index is 0.384. The van der Waals surface area contributed by atoms with Crippen molar-refractivity contribution in [1.82, 2.24) is 0 Å². The van der Waals surface area contributed by atoms with Crippen LogP contribution in [0.1, 0.15) is 6.92 Å². The Morgan fingerprint density at radius 2 is 1.94 bits per heavy atom. The zero-order chi connectivity index (χ0) is 12.1. The SMILES string of the molecule is COCC(C)CNc1c(Cl)cc(N)cc1Cl. The van der Waals surface area contributed by atoms with Crippen molar-refractivity contribution in [1.29, 1.82) is 0 Å².